The molecule has 0 unspecified atom stereocenters. The maximum Gasteiger partial charge on any atom is 0.408 e. The number of carbonyl (C=O) groups is 1. The van der Waals surface area contributed by atoms with Crippen molar-refractivity contribution in [3.8, 4) is 0 Å². The Bertz CT molecular complexity index is 577. The quantitative estimate of drug-likeness (QED) is 0.715. The van der Waals surface area contributed by atoms with E-state index in [1.807, 2.05) is 60.7 Å². The fourth-order valence-electron chi connectivity index (χ4n) is 1.93. The summed E-state index contributed by atoms with van der Waals surface area (Å²) in [6, 6.07) is 18.6. The average molecular weight is 319 g/mol. The van der Waals surface area contributed by atoms with Gasteiger partial charge in [0.15, 0.2) is 8.38 Å². The van der Waals surface area contributed by atoms with Crippen molar-refractivity contribution in [2.45, 2.75) is 18.8 Å². The summed E-state index contributed by atoms with van der Waals surface area (Å²) in [5.41, 5.74) is 1.78. The van der Waals surface area contributed by atoms with E-state index < -0.39 is 20.3 Å². The van der Waals surface area contributed by atoms with E-state index in [-0.39, 0.29) is 6.61 Å². The highest BCUT2D eigenvalue weighted by atomic mass is 31.2. The molecule has 5 nitrogen and oxygen atoms in total. The molecule has 1 amide bonds. The average Bonchev–Trinajstić information content (AvgIpc) is 2.54. The van der Waals surface area contributed by atoms with E-state index in [9.17, 15) is 14.6 Å². The lowest BCUT2D eigenvalue weighted by molar-refractivity contribution is 0.138. The number of rotatable bonds is 6. The molecule has 6 heteroatoms. The lowest BCUT2D eigenvalue weighted by Gasteiger charge is -2.19. The van der Waals surface area contributed by atoms with Gasteiger partial charge >= 0.3 is 6.09 Å². The number of carbonyl (C=O) groups excluding carboxylic acids is 1. The summed E-state index contributed by atoms with van der Waals surface area (Å²) in [6.07, 6.45) is -0.333. The zero-order chi connectivity index (χ0) is 15.8. The topological polar surface area (TPSA) is 78.8 Å². The number of hydrogen-bond acceptors (Lipinski definition) is 4. The third kappa shape index (κ3) is 5.45. The Balaban J connectivity index is 1.86. The highest BCUT2D eigenvalue weighted by molar-refractivity contribution is 7.45. The second-order valence-electron chi connectivity index (χ2n) is 4.73. The van der Waals surface area contributed by atoms with E-state index >= 15 is 0 Å². The van der Waals surface area contributed by atoms with Crippen molar-refractivity contribution in [1.29, 1.82) is 0 Å². The second kappa shape index (κ2) is 8.49. The van der Waals surface area contributed by atoms with Gasteiger partial charge in [0.1, 0.15) is 12.4 Å². The van der Waals surface area contributed by atoms with Gasteiger partial charge in [0.2, 0.25) is 0 Å². The van der Waals surface area contributed by atoms with Crippen molar-refractivity contribution in [3.63, 3.8) is 0 Å². The fourth-order valence-corrected chi connectivity index (χ4v) is 2.52. The number of benzene rings is 2. The molecule has 0 saturated carbocycles. The molecule has 0 spiro atoms. The standard InChI is InChI=1S/C16H18NO4P/c18-16(21-12-14-9-5-2-6-10-14)17-15(22(19)20)11-13-7-3-1-4-8-13/h1-10,15,19-20H,11-12H2,(H,17,18)/t15-/m1/s1. The molecular formula is C16H18NO4P. The lowest BCUT2D eigenvalue weighted by atomic mass is 10.1. The van der Waals surface area contributed by atoms with Gasteiger partial charge in [0, 0.05) is 6.42 Å². The Kier molecular flexibility index (Phi) is 6.34. The molecule has 0 saturated heterocycles. The van der Waals surface area contributed by atoms with Crippen LogP contribution in [0.5, 0.6) is 0 Å². The molecule has 0 radical (unpaired) electrons. The van der Waals surface area contributed by atoms with Gasteiger partial charge in [-0.3, -0.25) is 0 Å². The normalized spacial score (nSPS) is 12.0. The molecule has 0 aromatic heterocycles. The van der Waals surface area contributed by atoms with Crippen LogP contribution in [0.4, 0.5) is 4.79 Å². The maximum absolute atomic E-state index is 11.8. The Morgan fingerprint density at radius 3 is 2.09 bits per heavy atom. The van der Waals surface area contributed by atoms with E-state index in [2.05, 4.69) is 5.32 Å². The molecule has 0 aliphatic carbocycles. The first-order valence-corrected chi connectivity index (χ1v) is 8.15. The molecule has 2 aromatic rings. The summed E-state index contributed by atoms with van der Waals surface area (Å²) in [5.74, 6) is -0.763. The fraction of sp³-hybridized carbons (Fsp3) is 0.188. The van der Waals surface area contributed by atoms with Crippen LogP contribution in [0.2, 0.25) is 0 Å². The highest BCUT2D eigenvalue weighted by Gasteiger charge is 2.21. The third-order valence-electron chi connectivity index (χ3n) is 3.05. The first kappa shape index (κ1) is 16.4. The van der Waals surface area contributed by atoms with Crippen molar-refractivity contribution in [1.82, 2.24) is 5.32 Å². The molecule has 0 bridgehead atoms. The van der Waals surface area contributed by atoms with E-state index in [1.54, 1.807) is 0 Å². The number of ether oxygens (including phenoxy) is 1. The first-order valence-electron chi connectivity index (χ1n) is 6.83. The number of nitrogens with one attached hydrogen (secondary N) is 1. The predicted octanol–water partition coefficient (Wildman–Crippen LogP) is 2.78. The molecule has 0 aliphatic rings. The smallest absolute Gasteiger partial charge is 0.408 e. The monoisotopic (exact) mass is 319 g/mol. The first-order chi connectivity index (χ1) is 10.6. The number of alkyl carbamates (subject to hydrolysis) is 1. The predicted molar refractivity (Wildman–Crippen MR) is 85.1 cm³/mol. The van der Waals surface area contributed by atoms with E-state index in [1.165, 1.54) is 0 Å². The van der Waals surface area contributed by atoms with Crippen LogP contribution in [0, 0.1) is 0 Å². The van der Waals surface area contributed by atoms with Gasteiger partial charge in [-0.1, -0.05) is 60.7 Å². The zero-order valence-electron chi connectivity index (χ0n) is 11.9. The van der Waals surface area contributed by atoms with Gasteiger partial charge in [-0.2, -0.15) is 0 Å². The van der Waals surface area contributed by atoms with Crippen molar-refractivity contribution in [3.05, 3.63) is 71.8 Å². The molecule has 22 heavy (non-hydrogen) atoms. The van der Waals surface area contributed by atoms with E-state index in [0.29, 0.717) is 6.42 Å². The summed E-state index contributed by atoms with van der Waals surface area (Å²) in [5, 5.41) is 2.50. The van der Waals surface area contributed by atoms with Crippen LogP contribution in [0.3, 0.4) is 0 Å². The van der Waals surface area contributed by atoms with Gasteiger partial charge in [-0.05, 0) is 11.1 Å². The summed E-state index contributed by atoms with van der Waals surface area (Å²) >= 11 is 0. The zero-order valence-corrected chi connectivity index (χ0v) is 12.8. The van der Waals surface area contributed by atoms with Crippen LogP contribution < -0.4 is 5.32 Å². The van der Waals surface area contributed by atoms with Gasteiger partial charge in [0.25, 0.3) is 0 Å². The Morgan fingerprint density at radius 1 is 1.00 bits per heavy atom. The molecular weight excluding hydrogens is 301 g/mol. The van der Waals surface area contributed by atoms with Crippen LogP contribution in [0.15, 0.2) is 60.7 Å². The van der Waals surface area contributed by atoms with Gasteiger partial charge in [0.05, 0.1) is 0 Å². The summed E-state index contributed by atoms with van der Waals surface area (Å²) in [7, 11) is -2.30. The molecule has 2 aromatic carbocycles. The van der Waals surface area contributed by atoms with Gasteiger partial charge in [-0.25, -0.2) is 4.79 Å². The van der Waals surface area contributed by atoms with E-state index in [4.69, 9.17) is 4.74 Å². The van der Waals surface area contributed by atoms with E-state index in [0.717, 1.165) is 11.1 Å². The minimum Gasteiger partial charge on any atom is -0.445 e. The summed E-state index contributed by atoms with van der Waals surface area (Å²) in [4.78, 5) is 30.7. The molecule has 0 aliphatic heterocycles. The van der Waals surface area contributed by atoms with Gasteiger partial charge in [-0.15, -0.1) is 0 Å². The summed E-state index contributed by atoms with van der Waals surface area (Å²) in [6.45, 7) is 0.138. The molecule has 0 heterocycles. The third-order valence-corrected chi connectivity index (χ3v) is 3.92. The second-order valence-corrected chi connectivity index (χ2v) is 6.00. The van der Waals surface area contributed by atoms with Crippen LogP contribution in [0.25, 0.3) is 0 Å². The summed E-state index contributed by atoms with van der Waals surface area (Å²) < 4.78 is 5.08. The van der Waals surface area contributed by atoms with Crippen molar-refractivity contribution in [2.24, 2.45) is 0 Å². The molecule has 3 N–H and O–H groups in total. The van der Waals surface area contributed by atoms with Crippen molar-refractivity contribution >= 4 is 14.5 Å². The van der Waals surface area contributed by atoms with Gasteiger partial charge < -0.3 is 19.8 Å². The Hall–Kier alpha value is -1.94. The highest BCUT2D eigenvalue weighted by Crippen LogP contribution is 2.31. The largest absolute Gasteiger partial charge is 0.445 e. The molecule has 0 fully saturated rings. The van der Waals surface area contributed by atoms with Crippen LogP contribution in [-0.4, -0.2) is 21.7 Å². The number of hydrogen-bond donors (Lipinski definition) is 3. The lowest BCUT2D eigenvalue weighted by Crippen LogP contribution is -2.35. The van der Waals surface area contributed by atoms with Crippen LogP contribution in [0.1, 0.15) is 11.1 Å². The maximum atomic E-state index is 11.8. The minimum absolute atomic E-state index is 0.138. The van der Waals surface area contributed by atoms with Crippen LogP contribution >= 0.6 is 8.38 Å². The van der Waals surface area contributed by atoms with Crippen LogP contribution in [-0.2, 0) is 17.8 Å². The number of amides is 1. The Morgan fingerprint density at radius 2 is 1.55 bits per heavy atom. The molecule has 1 atom stereocenters. The SMILES string of the molecule is O=C(N[C@@H](Cc1ccccc1)P(O)O)OCc1ccccc1. The minimum atomic E-state index is -2.30. The van der Waals surface area contributed by atoms with Crippen molar-refractivity contribution < 1.29 is 19.3 Å². The van der Waals surface area contributed by atoms with Crippen molar-refractivity contribution in [2.75, 3.05) is 0 Å². The Labute approximate surface area is 130 Å². The molecule has 2 rings (SSSR count). The molecule has 116 valence electrons.